The van der Waals surface area contributed by atoms with Gasteiger partial charge in [-0.25, -0.2) is 4.98 Å². The Morgan fingerprint density at radius 1 is 1.25 bits per heavy atom. The van der Waals surface area contributed by atoms with E-state index in [1.54, 1.807) is 0 Å². The summed E-state index contributed by atoms with van der Waals surface area (Å²) in [5, 5.41) is 0. The number of fused-ring (bicyclic) bond motifs is 1. The molecule has 0 amide bonds. The van der Waals surface area contributed by atoms with Crippen molar-refractivity contribution in [2.75, 3.05) is 0 Å². The van der Waals surface area contributed by atoms with E-state index in [1.165, 1.54) is 11.1 Å². The molecule has 0 bridgehead atoms. The maximum absolute atomic E-state index is 5.52. The first kappa shape index (κ1) is 11.1. The molecule has 0 radical (unpaired) electrons. The molecule has 3 nitrogen and oxygen atoms in total. The van der Waals surface area contributed by atoms with Gasteiger partial charge in [0, 0.05) is 0 Å². The van der Waals surface area contributed by atoms with Crippen LogP contribution in [0.4, 0.5) is 0 Å². The second kappa shape index (κ2) is 4.26. The van der Waals surface area contributed by atoms with Crippen LogP contribution in [0.5, 0.6) is 0 Å². The first-order valence-electron chi connectivity index (χ1n) is 5.63. The molecule has 1 N–H and O–H groups in total. The SMILES string of the molecule is Cc1cc2nc(COC(C)C)[nH]c2cc1C. The fraction of sp³-hybridized carbons (Fsp3) is 0.462. The molecule has 0 atom stereocenters. The van der Waals surface area contributed by atoms with E-state index in [-0.39, 0.29) is 6.10 Å². The van der Waals surface area contributed by atoms with Crippen molar-refractivity contribution in [2.24, 2.45) is 0 Å². The van der Waals surface area contributed by atoms with E-state index < -0.39 is 0 Å². The van der Waals surface area contributed by atoms with Gasteiger partial charge in [0.1, 0.15) is 12.4 Å². The summed E-state index contributed by atoms with van der Waals surface area (Å²) >= 11 is 0. The van der Waals surface area contributed by atoms with Crippen LogP contribution in [0.1, 0.15) is 30.8 Å². The molecule has 16 heavy (non-hydrogen) atoms. The van der Waals surface area contributed by atoms with Crippen LogP contribution in [0, 0.1) is 13.8 Å². The molecule has 2 aromatic rings. The Balaban J connectivity index is 2.29. The first-order valence-corrected chi connectivity index (χ1v) is 5.63. The van der Waals surface area contributed by atoms with Crippen LogP contribution in [0.15, 0.2) is 12.1 Å². The van der Waals surface area contributed by atoms with Gasteiger partial charge in [0.15, 0.2) is 0 Å². The summed E-state index contributed by atoms with van der Waals surface area (Å²) in [5.41, 5.74) is 4.67. The molecule has 86 valence electrons. The van der Waals surface area contributed by atoms with Crippen LogP contribution in [-0.4, -0.2) is 16.1 Å². The molecule has 3 heteroatoms. The number of imidazole rings is 1. The summed E-state index contributed by atoms with van der Waals surface area (Å²) in [5.74, 6) is 0.897. The third-order valence-corrected chi connectivity index (χ3v) is 2.70. The molecule has 1 aromatic carbocycles. The van der Waals surface area contributed by atoms with Crippen LogP contribution in [0.25, 0.3) is 11.0 Å². The van der Waals surface area contributed by atoms with Crippen LogP contribution >= 0.6 is 0 Å². The van der Waals surface area contributed by atoms with E-state index in [0.29, 0.717) is 6.61 Å². The first-order chi connectivity index (χ1) is 7.56. The average Bonchev–Trinajstić information content (AvgIpc) is 2.58. The Morgan fingerprint density at radius 3 is 2.62 bits per heavy atom. The van der Waals surface area contributed by atoms with Gasteiger partial charge in [0.25, 0.3) is 0 Å². The Labute approximate surface area is 95.8 Å². The third-order valence-electron chi connectivity index (χ3n) is 2.70. The maximum Gasteiger partial charge on any atom is 0.133 e. The zero-order valence-electron chi connectivity index (χ0n) is 10.3. The van der Waals surface area contributed by atoms with Gasteiger partial charge in [-0.05, 0) is 51.0 Å². The number of aryl methyl sites for hydroxylation is 2. The third kappa shape index (κ3) is 2.25. The lowest BCUT2D eigenvalue weighted by molar-refractivity contribution is 0.0618. The van der Waals surface area contributed by atoms with Gasteiger partial charge >= 0.3 is 0 Å². The number of ether oxygens (including phenoxy) is 1. The summed E-state index contributed by atoms with van der Waals surface area (Å²) < 4.78 is 5.52. The van der Waals surface area contributed by atoms with Gasteiger partial charge in [-0.2, -0.15) is 0 Å². The summed E-state index contributed by atoms with van der Waals surface area (Å²) in [4.78, 5) is 7.79. The Bertz CT molecular complexity index is 461. The lowest BCUT2D eigenvalue weighted by Gasteiger charge is -2.03. The molecule has 1 heterocycles. The molecule has 0 aliphatic carbocycles. The van der Waals surface area contributed by atoms with Crippen molar-refractivity contribution in [2.45, 2.75) is 40.4 Å². The van der Waals surface area contributed by atoms with E-state index >= 15 is 0 Å². The average molecular weight is 218 g/mol. The molecule has 0 saturated heterocycles. The highest BCUT2D eigenvalue weighted by Gasteiger charge is 2.05. The topological polar surface area (TPSA) is 37.9 Å². The van der Waals surface area contributed by atoms with Crippen molar-refractivity contribution in [1.29, 1.82) is 0 Å². The fourth-order valence-corrected chi connectivity index (χ4v) is 1.64. The number of nitrogens with zero attached hydrogens (tertiary/aromatic N) is 1. The molecule has 0 spiro atoms. The van der Waals surface area contributed by atoms with Crippen molar-refractivity contribution in [3.05, 3.63) is 29.1 Å². The minimum atomic E-state index is 0.233. The quantitative estimate of drug-likeness (QED) is 0.859. The molecule has 0 saturated carbocycles. The smallest absolute Gasteiger partial charge is 0.133 e. The summed E-state index contributed by atoms with van der Waals surface area (Å²) in [7, 11) is 0. The number of nitrogens with one attached hydrogen (secondary N) is 1. The molecule has 0 aliphatic rings. The summed E-state index contributed by atoms with van der Waals surface area (Å²) in [6.07, 6.45) is 0.233. The summed E-state index contributed by atoms with van der Waals surface area (Å²) in [6.45, 7) is 8.81. The van der Waals surface area contributed by atoms with Crippen molar-refractivity contribution in [1.82, 2.24) is 9.97 Å². The minimum Gasteiger partial charge on any atom is -0.371 e. The molecule has 0 aliphatic heterocycles. The Morgan fingerprint density at radius 2 is 1.94 bits per heavy atom. The van der Waals surface area contributed by atoms with Crippen LogP contribution in [0.2, 0.25) is 0 Å². The highest BCUT2D eigenvalue weighted by Crippen LogP contribution is 2.17. The fourth-order valence-electron chi connectivity index (χ4n) is 1.64. The standard InChI is InChI=1S/C13H18N2O/c1-8(2)16-7-13-14-11-5-9(3)10(4)6-12(11)15-13/h5-6,8H,7H2,1-4H3,(H,14,15). The lowest BCUT2D eigenvalue weighted by atomic mass is 10.1. The predicted molar refractivity (Wildman–Crippen MR) is 65.5 cm³/mol. The van der Waals surface area contributed by atoms with Gasteiger partial charge in [0.05, 0.1) is 17.1 Å². The molecule has 0 unspecified atom stereocenters. The zero-order valence-corrected chi connectivity index (χ0v) is 10.3. The number of aromatic amines is 1. The van der Waals surface area contributed by atoms with Gasteiger partial charge in [-0.1, -0.05) is 0 Å². The molecule has 1 aromatic heterocycles. The Kier molecular flexibility index (Phi) is 2.97. The van der Waals surface area contributed by atoms with Crippen molar-refractivity contribution < 1.29 is 4.74 Å². The minimum absolute atomic E-state index is 0.233. The van der Waals surface area contributed by atoms with Gasteiger partial charge in [-0.3, -0.25) is 0 Å². The van der Waals surface area contributed by atoms with E-state index in [2.05, 4.69) is 35.9 Å². The second-order valence-electron chi connectivity index (χ2n) is 4.50. The maximum atomic E-state index is 5.52. The van der Waals surface area contributed by atoms with E-state index in [1.807, 2.05) is 13.8 Å². The highest BCUT2D eigenvalue weighted by atomic mass is 16.5. The van der Waals surface area contributed by atoms with Gasteiger partial charge in [-0.15, -0.1) is 0 Å². The second-order valence-corrected chi connectivity index (χ2v) is 4.50. The number of hydrogen-bond donors (Lipinski definition) is 1. The highest BCUT2D eigenvalue weighted by molar-refractivity contribution is 5.77. The molecular weight excluding hydrogens is 200 g/mol. The van der Waals surface area contributed by atoms with Crippen LogP contribution in [0.3, 0.4) is 0 Å². The zero-order chi connectivity index (χ0) is 11.7. The van der Waals surface area contributed by atoms with Crippen molar-refractivity contribution >= 4 is 11.0 Å². The largest absolute Gasteiger partial charge is 0.371 e. The van der Waals surface area contributed by atoms with Gasteiger partial charge < -0.3 is 9.72 Å². The normalized spacial score (nSPS) is 11.6. The number of aromatic nitrogens is 2. The van der Waals surface area contributed by atoms with Crippen LogP contribution < -0.4 is 0 Å². The predicted octanol–water partition coefficient (Wildman–Crippen LogP) is 3.10. The molecule has 0 fully saturated rings. The van der Waals surface area contributed by atoms with Gasteiger partial charge in [0.2, 0.25) is 0 Å². The van der Waals surface area contributed by atoms with Crippen molar-refractivity contribution in [3.63, 3.8) is 0 Å². The number of hydrogen-bond acceptors (Lipinski definition) is 2. The lowest BCUT2D eigenvalue weighted by Crippen LogP contribution is -2.03. The van der Waals surface area contributed by atoms with E-state index in [9.17, 15) is 0 Å². The monoisotopic (exact) mass is 218 g/mol. The van der Waals surface area contributed by atoms with Crippen LogP contribution in [-0.2, 0) is 11.3 Å². The summed E-state index contributed by atoms with van der Waals surface area (Å²) in [6, 6.07) is 4.25. The number of rotatable bonds is 3. The molecule has 2 rings (SSSR count). The Hall–Kier alpha value is -1.35. The number of H-pyrrole nitrogens is 1. The van der Waals surface area contributed by atoms with E-state index in [0.717, 1.165) is 16.9 Å². The molecular formula is C13H18N2O. The number of benzene rings is 1. The van der Waals surface area contributed by atoms with Crippen molar-refractivity contribution in [3.8, 4) is 0 Å². The van der Waals surface area contributed by atoms with E-state index in [4.69, 9.17) is 4.74 Å².